The summed E-state index contributed by atoms with van der Waals surface area (Å²) in [7, 11) is 3.26. The first-order chi connectivity index (χ1) is 17.0. The van der Waals surface area contributed by atoms with Gasteiger partial charge in [0, 0.05) is 34.3 Å². The Morgan fingerprint density at radius 1 is 1.03 bits per heavy atom. The van der Waals surface area contributed by atoms with E-state index in [-0.39, 0.29) is 5.91 Å². The van der Waals surface area contributed by atoms with Crippen LogP contribution in [0.3, 0.4) is 0 Å². The van der Waals surface area contributed by atoms with Crippen molar-refractivity contribution in [2.75, 3.05) is 19.5 Å². The van der Waals surface area contributed by atoms with Crippen LogP contribution in [0.2, 0.25) is 0 Å². The molecule has 0 bridgehead atoms. The molecular formula is C30H31NO4. The van der Waals surface area contributed by atoms with Crippen LogP contribution in [0.4, 0.5) is 5.69 Å². The number of benzene rings is 3. The summed E-state index contributed by atoms with van der Waals surface area (Å²) in [4.78, 5) is 12.8. The molecule has 3 aromatic carbocycles. The van der Waals surface area contributed by atoms with Gasteiger partial charge in [0.05, 0.1) is 20.5 Å². The number of amides is 1. The highest BCUT2D eigenvalue weighted by Gasteiger charge is 2.15. The molecule has 0 saturated carbocycles. The molecule has 0 atom stereocenters. The number of fused-ring (bicyclic) bond motifs is 1. The summed E-state index contributed by atoms with van der Waals surface area (Å²) < 4.78 is 16.8. The van der Waals surface area contributed by atoms with Gasteiger partial charge in [0.2, 0.25) is 5.91 Å². The molecule has 1 heterocycles. The van der Waals surface area contributed by atoms with Crippen LogP contribution in [0.15, 0.2) is 77.4 Å². The number of carbonyl (C=O) groups excluding carboxylic acids is 1. The van der Waals surface area contributed by atoms with E-state index in [9.17, 15) is 4.79 Å². The first-order valence-corrected chi connectivity index (χ1v) is 11.8. The second-order valence-electron chi connectivity index (χ2n) is 8.55. The molecule has 1 N–H and O–H groups in total. The molecule has 0 radical (unpaired) electrons. The largest absolute Gasteiger partial charge is 0.497 e. The molecule has 180 valence electrons. The van der Waals surface area contributed by atoms with Crippen LogP contribution in [0.25, 0.3) is 27.7 Å². The Balaban J connectivity index is 1.61. The molecular weight excluding hydrogens is 438 g/mol. The number of unbranched alkanes of at least 4 members (excludes halogenated alkanes) is 1. The Kier molecular flexibility index (Phi) is 7.56. The van der Waals surface area contributed by atoms with Gasteiger partial charge in [0.1, 0.15) is 17.1 Å². The van der Waals surface area contributed by atoms with E-state index in [0.717, 1.165) is 58.3 Å². The number of allylic oxidation sites excluding steroid dienone is 1. The lowest BCUT2D eigenvalue weighted by Gasteiger charge is -2.11. The average Bonchev–Trinajstić information content (AvgIpc) is 3.30. The highest BCUT2D eigenvalue weighted by atomic mass is 16.5. The molecule has 5 nitrogen and oxygen atoms in total. The summed E-state index contributed by atoms with van der Waals surface area (Å²) in [5, 5.41) is 3.89. The second-order valence-corrected chi connectivity index (χ2v) is 8.55. The van der Waals surface area contributed by atoms with Crippen LogP contribution >= 0.6 is 0 Å². The molecule has 1 amide bonds. The lowest BCUT2D eigenvalue weighted by molar-refractivity contribution is -0.111. The quantitative estimate of drug-likeness (QED) is 0.258. The van der Waals surface area contributed by atoms with Gasteiger partial charge in [-0.1, -0.05) is 37.6 Å². The predicted molar refractivity (Wildman–Crippen MR) is 142 cm³/mol. The van der Waals surface area contributed by atoms with Gasteiger partial charge in [0.15, 0.2) is 0 Å². The fourth-order valence-electron chi connectivity index (χ4n) is 4.13. The Bertz CT molecular complexity index is 1350. The van der Waals surface area contributed by atoms with Crippen molar-refractivity contribution in [1.29, 1.82) is 0 Å². The first kappa shape index (κ1) is 24.1. The van der Waals surface area contributed by atoms with Gasteiger partial charge in [-0.05, 0) is 66.8 Å². The van der Waals surface area contributed by atoms with Crippen molar-refractivity contribution in [2.45, 2.75) is 33.1 Å². The number of furan rings is 1. The van der Waals surface area contributed by atoms with E-state index >= 15 is 0 Å². The van der Waals surface area contributed by atoms with Crippen molar-refractivity contribution in [1.82, 2.24) is 0 Å². The SMILES string of the molecule is CCCCc1ccc(NC(=O)/C=C(\C)c2cc3c(-c4cccc(OC)c4)coc3cc2OC)cc1. The third-order valence-electron chi connectivity index (χ3n) is 6.09. The summed E-state index contributed by atoms with van der Waals surface area (Å²) in [5.41, 5.74) is 6.32. The number of methoxy groups -OCH3 is 2. The zero-order chi connectivity index (χ0) is 24.8. The van der Waals surface area contributed by atoms with E-state index in [2.05, 4.69) is 24.4 Å². The van der Waals surface area contributed by atoms with E-state index in [4.69, 9.17) is 13.9 Å². The Morgan fingerprint density at radius 2 is 1.83 bits per heavy atom. The molecule has 0 aliphatic heterocycles. The second kappa shape index (κ2) is 11.0. The maximum Gasteiger partial charge on any atom is 0.248 e. The molecule has 5 heteroatoms. The number of rotatable bonds is 9. The smallest absolute Gasteiger partial charge is 0.248 e. The van der Waals surface area contributed by atoms with Gasteiger partial charge < -0.3 is 19.2 Å². The highest BCUT2D eigenvalue weighted by molar-refractivity contribution is 6.05. The van der Waals surface area contributed by atoms with Gasteiger partial charge in [-0.3, -0.25) is 4.79 Å². The monoisotopic (exact) mass is 469 g/mol. The van der Waals surface area contributed by atoms with Crippen LogP contribution in [-0.4, -0.2) is 20.1 Å². The van der Waals surface area contributed by atoms with Crippen molar-refractivity contribution in [3.05, 3.63) is 84.1 Å². The van der Waals surface area contributed by atoms with Gasteiger partial charge in [-0.15, -0.1) is 0 Å². The van der Waals surface area contributed by atoms with Crippen molar-refractivity contribution in [3.8, 4) is 22.6 Å². The number of anilines is 1. The molecule has 0 spiro atoms. The molecule has 35 heavy (non-hydrogen) atoms. The molecule has 1 aromatic heterocycles. The molecule has 0 fully saturated rings. The third-order valence-corrected chi connectivity index (χ3v) is 6.09. The van der Waals surface area contributed by atoms with Gasteiger partial charge in [0.25, 0.3) is 0 Å². The zero-order valence-corrected chi connectivity index (χ0v) is 20.7. The molecule has 0 unspecified atom stereocenters. The standard InChI is InChI=1S/C30H31NO4/c1-5-6-8-21-11-13-23(14-12-21)31-30(32)15-20(2)25-17-26-27(19-35-29(26)18-28(25)34-4)22-9-7-10-24(16-22)33-3/h7,9-19H,5-6,8H2,1-4H3,(H,31,32)/b20-15+. The molecule has 4 aromatic rings. The minimum atomic E-state index is -0.189. The molecule has 0 aliphatic carbocycles. The number of aryl methyl sites for hydroxylation is 1. The van der Waals surface area contributed by atoms with E-state index in [1.807, 2.05) is 55.5 Å². The minimum absolute atomic E-state index is 0.189. The lowest BCUT2D eigenvalue weighted by atomic mass is 9.99. The Labute approximate surface area is 206 Å². The maximum absolute atomic E-state index is 12.8. The van der Waals surface area contributed by atoms with E-state index in [0.29, 0.717) is 11.3 Å². The van der Waals surface area contributed by atoms with Crippen LogP contribution in [-0.2, 0) is 11.2 Å². The van der Waals surface area contributed by atoms with Crippen LogP contribution < -0.4 is 14.8 Å². The predicted octanol–water partition coefficient (Wildman–Crippen LogP) is 7.50. The fraction of sp³-hybridized carbons (Fsp3) is 0.233. The highest BCUT2D eigenvalue weighted by Crippen LogP contribution is 2.38. The first-order valence-electron chi connectivity index (χ1n) is 11.8. The Hall–Kier alpha value is -3.99. The van der Waals surface area contributed by atoms with Gasteiger partial charge in [-0.25, -0.2) is 0 Å². The third kappa shape index (κ3) is 5.57. The van der Waals surface area contributed by atoms with Gasteiger partial charge >= 0.3 is 0 Å². The normalized spacial score (nSPS) is 11.5. The maximum atomic E-state index is 12.8. The summed E-state index contributed by atoms with van der Waals surface area (Å²) in [5.74, 6) is 1.23. The van der Waals surface area contributed by atoms with Crippen molar-refractivity contribution < 1.29 is 18.7 Å². The molecule has 0 aliphatic rings. The number of ether oxygens (including phenoxy) is 2. The van der Waals surface area contributed by atoms with Gasteiger partial charge in [-0.2, -0.15) is 0 Å². The average molecular weight is 470 g/mol. The molecule has 0 saturated heterocycles. The van der Waals surface area contributed by atoms with Crippen LogP contribution in [0.5, 0.6) is 11.5 Å². The van der Waals surface area contributed by atoms with Crippen molar-refractivity contribution >= 4 is 28.1 Å². The molecule has 4 rings (SSSR count). The van der Waals surface area contributed by atoms with Crippen molar-refractivity contribution in [2.24, 2.45) is 0 Å². The summed E-state index contributed by atoms with van der Waals surface area (Å²) in [6.45, 7) is 4.09. The van der Waals surface area contributed by atoms with Crippen LogP contribution in [0, 0.1) is 0 Å². The van der Waals surface area contributed by atoms with E-state index in [1.165, 1.54) is 5.56 Å². The number of hydrogen-bond acceptors (Lipinski definition) is 4. The number of nitrogens with one attached hydrogen (secondary N) is 1. The lowest BCUT2D eigenvalue weighted by Crippen LogP contribution is -2.08. The van der Waals surface area contributed by atoms with Crippen LogP contribution in [0.1, 0.15) is 37.8 Å². The minimum Gasteiger partial charge on any atom is -0.497 e. The van der Waals surface area contributed by atoms with Crippen molar-refractivity contribution in [3.63, 3.8) is 0 Å². The van der Waals surface area contributed by atoms with E-state index in [1.54, 1.807) is 26.6 Å². The summed E-state index contributed by atoms with van der Waals surface area (Å²) in [6, 6.07) is 19.7. The number of carbonyl (C=O) groups is 1. The summed E-state index contributed by atoms with van der Waals surface area (Å²) in [6.07, 6.45) is 6.71. The summed E-state index contributed by atoms with van der Waals surface area (Å²) >= 11 is 0. The van der Waals surface area contributed by atoms with E-state index < -0.39 is 0 Å². The Morgan fingerprint density at radius 3 is 2.54 bits per heavy atom. The topological polar surface area (TPSA) is 60.7 Å². The zero-order valence-electron chi connectivity index (χ0n) is 20.7. The fourth-order valence-corrected chi connectivity index (χ4v) is 4.13. The number of hydrogen-bond donors (Lipinski definition) is 1.